The number of hydrogen-bond donors (Lipinski definition) is 1. The van der Waals surface area contributed by atoms with E-state index in [1.54, 1.807) is 19.2 Å². The highest BCUT2D eigenvalue weighted by atomic mass is 16.5. The van der Waals surface area contributed by atoms with Crippen LogP contribution in [0.25, 0.3) is 11.3 Å². The lowest BCUT2D eigenvalue weighted by molar-refractivity contribution is 0.0278. The van der Waals surface area contributed by atoms with Gasteiger partial charge < -0.3 is 14.5 Å². The van der Waals surface area contributed by atoms with Gasteiger partial charge in [-0.15, -0.1) is 0 Å². The normalized spacial score (nSPS) is 24.8. The summed E-state index contributed by atoms with van der Waals surface area (Å²) in [6, 6.07) is 14.0. The number of aromatic nitrogens is 2. The van der Waals surface area contributed by atoms with Crippen molar-refractivity contribution in [3.8, 4) is 17.0 Å². The third-order valence-corrected chi connectivity index (χ3v) is 6.80. The van der Waals surface area contributed by atoms with Crippen molar-refractivity contribution in [1.29, 1.82) is 0 Å². The third kappa shape index (κ3) is 3.74. The number of nitrogens with one attached hydrogen (secondary N) is 1. The van der Waals surface area contributed by atoms with Crippen molar-refractivity contribution >= 4 is 5.91 Å². The number of fused-ring (bicyclic) bond motifs is 3. The van der Waals surface area contributed by atoms with Crippen LogP contribution in [0.1, 0.15) is 35.0 Å². The molecule has 2 bridgehead atoms. The molecule has 1 N–H and O–H groups in total. The second-order valence-electron chi connectivity index (χ2n) is 8.51. The van der Waals surface area contributed by atoms with Gasteiger partial charge in [-0.2, -0.15) is 5.10 Å². The first-order chi connectivity index (χ1) is 15.1. The molecule has 31 heavy (non-hydrogen) atoms. The van der Waals surface area contributed by atoms with Gasteiger partial charge in [0.15, 0.2) is 5.76 Å². The molecule has 6 rings (SSSR count). The second-order valence-corrected chi connectivity index (χ2v) is 8.51. The zero-order valence-corrected chi connectivity index (χ0v) is 18.0. The van der Waals surface area contributed by atoms with E-state index in [4.69, 9.17) is 14.3 Å². The van der Waals surface area contributed by atoms with Gasteiger partial charge in [0.25, 0.3) is 5.91 Å². The fraction of sp³-hybridized carbons (Fsp3) is 0.417. The summed E-state index contributed by atoms with van der Waals surface area (Å²) in [6.07, 6.45) is 3.79. The average molecular weight is 421 g/mol. The standard InChI is InChI=1S/C24H28N4O3/c1-27-21(13-20(26-27)18-6-3-4-7-22(18)30-2)19-15-28-10-9-16(19)12-17(28)14-25-24(29)23-8-5-11-31-23/h3-8,11,13,16-17,19H,9-10,12,14-15H2,1-2H3,(H,25,29). The topological polar surface area (TPSA) is 72.5 Å². The number of methoxy groups -OCH3 is 1. The van der Waals surface area contributed by atoms with Gasteiger partial charge in [-0.05, 0) is 55.6 Å². The molecule has 162 valence electrons. The van der Waals surface area contributed by atoms with Gasteiger partial charge in [0.05, 0.1) is 19.1 Å². The molecule has 2 aromatic heterocycles. The van der Waals surface area contributed by atoms with Crippen LogP contribution in [0.3, 0.4) is 0 Å². The minimum absolute atomic E-state index is 0.141. The highest BCUT2D eigenvalue weighted by molar-refractivity contribution is 5.91. The number of rotatable bonds is 6. The van der Waals surface area contributed by atoms with Gasteiger partial charge in [0.2, 0.25) is 0 Å². The van der Waals surface area contributed by atoms with Crippen molar-refractivity contribution in [3.63, 3.8) is 0 Å². The van der Waals surface area contributed by atoms with Gasteiger partial charge in [0, 0.05) is 43.4 Å². The number of carbonyl (C=O) groups is 1. The van der Waals surface area contributed by atoms with Crippen LogP contribution in [0.2, 0.25) is 0 Å². The van der Waals surface area contributed by atoms with Gasteiger partial charge in [-0.3, -0.25) is 14.4 Å². The Balaban J connectivity index is 1.29. The summed E-state index contributed by atoms with van der Waals surface area (Å²) in [7, 11) is 3.73. The molecule has 0 radical (unpaired) electrons. The fourth-order valence-electron chi connectivity index (χ4n) is 5.21. The maximum Gasteiger partial charge on any atom is 0.287 e. The van der Waals surface area contributed by atoms with Gasteiger partial charge >= 0.3 is 0 Å². The number of para-hydroxylation sites is 1. The largest absolute Gasteiger partial charge is 0.496 e. The molecule has 1 amide bonds. The van der Waals surface area contributed by atoms with Gasteiger partial charge in [0.1, 0.15) is 5.75 Å². The van der Waals surface area contributed by atoms with Crippen molar-refractivity contribution in [2.45, 2.75) is 24.8 Å². The Kier molecular flexibility index (Phi) is 5.28. The molecule has 5 heterocycles. The molecule has 4 atom stereocenters. The Hall–Kier alpha value is -3.06. The minimum Gasteiger partial charge on any atom is -0.496 e. The maximum atomic E-state index is 12.2. The molecular weight excluding hydrogens is 392 g/mol. The number of benzene rings is 1. The van der Waals surface area contributed by atoms with Crippen molar-refractivity contribution in [2.24, 2.45) is 13.0 Å². The molecule has 3 fully saturated rings. The first kappa shape index (κ1) is 19.9. The SMILES string of the molecule is COc1ccccc1-c1cc(C2CN3CCC2CC3CNC(=O)c2ccco2)n(C)n1. The smallest absolute Gasteiger partial charge is 0.287 e. The second kappa shape index (κ2) is 8.23. The highest BCUT2D eigenvalue weighted by Gasteiger charge is 2.42. The van der Waals surface area contributed by atoms with Crippen molar-refractivity contribution in [3.05, 3.63) is 60.2 Å². The fourth-order valence-corrected chi connectivity index (χ4v) is 5.21. The summed E-state index contributed by atoms with van der Waals surface area (Å²) in [5.74, 6) is 2.11. The summed E-state index contributed by atoms with van der Waals surface area (Å²) in [4.78, 5) is 14.7. The van der Waals surface area contributed by atoms with Crippen LogP contribution in [-0.4, -0.2) is 53.4 Å². The quantitative estimate of drug-likeness (QED) is 0.663. The zero-order chi connectivity index (χ0) is 21.4. The summed E-state index contributed by atoms with van der Waals surface area (Å²) >= 11 is 0. The molecule has 1 aromatic carbocycles. The maximum absolute atomic E-state index is 12.2. The van der Waals surface area contributed by atoms with E-state index in [0.29, 0.717) is 30.2 Å². The molecule has 7 heteroatoms. The van der Waals surface area contributed by atoms with E-state index in [1.807, 2.05) is 29.9 Å². The lowest BCUT2D eigenvalue weighted by Gasteiger charge is -2.49. The number of furan rings is 1. The predicted octanol–water partition coefficient (Wildman–Crippen LogP) is 3.30. The molecular formula is C24H28N4O3. The minimum atomic E-state index is -0.141. The van der Waals surface area contributed by atoms with Gasteiger partial charge in [-0.25, -0.2) is 0 Å². The summed E-state index contributed by atoms with van der Waals surface area (Å²) < 4.78 is 12.8. The third-order valence-electron chi connectivity index (χ3n) is 6.80. The Morgan fingerprint density at radius 3 is 2.90 bits per heavy atom. The van der Waals surface area contributed by atoms with Crippen LogP contribution in [0.5, 0.6) is 5.75 Å². The molecule has 7 nitrogen and oxygen atoms in total. The highest BCUT2D eigenvalue weighted by Crippen LogP contribution is 2.42. The Labute approximate surface area is 182 Å². The summed E-state index contributed by atoms with van der Waals surface area (Å²) in [5.41, 5.74) is 3.24. The van der Waals surface area contributed by atoms with Gasteiger partial charge in [-0.1, -0.05) is 12.1 Å². The number of ether oxygens (including phenoxy) is 1. The number of hydrogen-bond acceptors (Lipinski definition) is 5. The van der Waals surface area contributed by atoms with Crippen LogP contribution in [0, 0.1) is 5.92 Å². The Morgan fingerprint density at radius 2 is 2.16 bits per heavy atom. The molecule has 3 aliphatic rings. The summed E-state index contributed by atoms with van der Waals surface area (Å²) in [6.45, 7) is 2.73. The van der Waals surface area contributed by atoms with E-state index in [-0.39, 0.29) is 5.91 Å². The molecule has 3 aliphatic heterocycles. The van der Waals surface area contributed by atoms with Crippen molar-refractivity contribution in [2.75, 3.05) is 26.7 Å². The van der Waals surface area contributed by atoms with E-state index in [1.165, 1.54) is 18.4 Å². The molecule has 3 aromatic rings. The van der Waals surface area contributed by atoms with Crippen LogP contribution in [0.15, 0.2) is 53.1 Å². The van der Waals surface area contributed by atoms with E-state index in [9.17, 15) is 4.79 Å². The number of piperidine rings is 3. The monoisotopic (exact) mass is 420 g/mol. The molecule has 0 aliphatic carbocycles. The van der Waals surface area contributed by atoms with E-state index >= 15 is 0 Å². The zero-order valence-electron chi connectivity index (χ0n) is 18.0. The molecule has 3 saturated heterocycles. The predicted molar refractivity (Wildman–Crippen MR) is 117 cm³/mol. The first-order valence-electron chi connectivity index (χ1n) is 10.9. The lowest BCUT2D eigenvalue weighted by Crippen LogP contribution is -2.56. The number of amides is 1. The van der Waals surface area contributed by atoms with Crippen molar-refractivity contribution in [1.82, 2.24) is 20.0 Å². The first-order valence-corrected chi connectivity index (χ1v) is 10.9. The number of aryl methyl sites for hydroxylation is 1. The average Bonchev–Trinajstić information content (AvgIpc) is 3.48. The lowest BCUT2D eigenvalue weighted by atomic mass is 9.74. The van der Waals surface area contributed by atoms with E-state index in [0.717, 1.165) is 36.5 Å². The van der Waals surface area contributed by atoms with Crippen LogP contribution >= 0.6 is 0 Å². The van der Waals surface area contributed by atoms with E-state index < -0.39 is 0 Å². The van der Waals surface area contributed by atoms with Crippen LogP contribution in [-0.2, 0) is 7.05 Å². The number of nitrogens with zero attached hydrogens (tertiary/aromatic N) is 3. The van der Waals surface area contributed by atoms with E-state index in [2.05, 4.69) is 22.3 Å². The summed E-state index contributed by atoms with van der Waals surface area (Å²) in [5, 5.41) is 7.84. The Morgan fingerprint density at radius 1 is 1.29 bits per heavy atom. The molecule has 0 spiro atoms. The molecule has 0 saturated carbocycles. The number of carbonyl (C=O) groups excluding carboxylic acids is 1. The molecule has 4 unspecified atom stereocenters. The van der Waals surface area contributed by atoms with Crippen molar-refractivity contribution < 1.29 is 13.9 Å². The Bertz CT molecular complexity index is 1060. The van der Waals surface area contributed by atoms with Crippen LogP contribution < -0.4 is 10.1 Å². The van der Waals surface area contributed by atoms with Crippen LogP contribution in [0.4, 0.5) is 0 Å².